The van der Waals surface area contributed by atoms with Gasteiger partial charge in [-0.25, -0.2) is 4.39 Å². The third kappa shape index (κ3) is 0.983. The molecule has 14 heavy (non-hydrogen) atoms. The van der Waals surface area contributed by atoms with Crippen LogP contribution in [0.25, 0.3) is 0 Å². The highest BCUT2D eigenvalue weighted by molar-refractivity contribution is 6.52. The molecule has 1 aromatic carbocycles. The number of likely N-dealkylation sites (N-methyl/N-ethyl adjacent to an activating group) is 1. The molecule has 0 bridgehead atoms. The van der Waals surface area contributed by atoms with Gasteiger partial charge in [0.15, 0.2) is 0 Å². The summed E-state index contributed by atoms with van der Waals surface area (Å²) in [5, 5.41) is 0. The maximum absolute atomic E-state index is 13.3. The van der Waals surface area contributed by atoms with E-state index in [0.29, 0.717) is 0 Å². The van der Waals surface area contributed by atoms with Crippen LogP contribution in [0, 0.1) is 5.82 Å². The van der Waals surface area contributed by atoms with E-state index in [1.54, 1.807) is 0 Å². The van der Waals surface area contributed by atoms with Crippen LogP contribution in [0.4, 0.5) is 10.1 Å². The van der Waals surface area contributed by atoms with Gasteiger partial charge in [-0.3, -0.25) is 9.59 Å². The molecule has 0 aliphatic carbocycles. The SMILES string of the molecule is [B]c1cc(F)c2c(c1)C(=O)C(=O)N2C. The van der Waals surface area contributed by atoms with Crippen LogP contribution in [-0.4, -0.2) is 26.6 Å². The molecule has 3 nitrogen and oxygen atoms in total. The minimum Gasteiger partial charge on any atom is -0.305 e. The molecule has 2 rings (SSSR count). The van der Waals surface area contributed by atoms with Crippen LogP contribution in [0.3, 0.4) is 0 Å². The number of anilines is 1. The second kappa shape index (κ2) is 2.67. The lowest BCUT2D eigenvalue weighted by atomic mass is 9.93. The Labute approximate surface area is 80.9 Å². The summed E-state index contributed by atoms with van der Waals surface area (Å²) >= 11 is 0. The van der Waals surface area contributed by atoms with Gasteiger partial charge >= 0.3 is 0 Å². The Bertz CT molecular complexity index is 458. The number of benzene rings is 1. The predicted molar refractivity (Wildman–Crippen MR) is 49.5 cm³/mol. The van der Waals surface area contributed by atoms with Crippen LogP contribution >= 0.6 is 0 Å². The molecule has 0 atom stereocenters. The van der Waals surface area contributed by atoms with E-state index >= 15 is 0 Å². The molecule has 5 heteroatoms. The quantitative estimate of drug-likeness (QED) is 0.417. The Morgan fingerprint density at radius 2 is 2.00 bits per heavy atom. The minimum atomic E-state index is -0.732. The summed E-state index contributed by atoms with van der Waals surface area (Å²) in [6.45, 7) is 0. The molecule has 1 amide bonds. The van der Waals surface area contributed by atoms with Crippen molar-refractivity contribution in [2.24, 2.45) is 0 Å². The van der Waals surface area contributed by atoms with E-state index in [9.17, 15) is 14.0 Å². The van der Waals surface area contributed by atoms with Crippen LogP contribution in [0.5, 0.6) is 0 Å². The van der Waals surface area contributed by atoms with Gasteiger partial charge in [-0.1, -0.05) is 11.5 Å². The molecule has 0 saturated carbocycles. The number of hydrogen-bond acceptors (Lipinski definition) is 2. The number of Topliss-reactive ketones (excluding diaryl/α,β-unsaturated/α-hetero) is 1. The summed E-state index contributed by atoms with van der Waals surface area (Å²) in [6, 6.07) is 2.39. The van der Waals surface area contributed by atoms with Crippen molar-refractivity contribution in [3.8, 4) is 0 Å². The van der Waals surface area contributed by atoms with Crippen molar-refractivity contribution in [3.05, 3.63) is 23.5 Å². The second-order valence-corrected chi connectivity index (χ2v) is 3.09. The number of ketones is 1. The van der Waals surface area contributed by atoms with Crippen molar-refractivity contribution in [1.29, 1.82) is 0 Å². The number of fused-ring (bicyclic) bond motifs is 1. The van der Waals surface area contributed by atoms with Gasteiger partial charge in [0.1, 0.15) is 13.7 Å². The van der Waals surface area contributed by atoms with Crippen LogP contribution in [0.2, 0.25) is 0 Å². The fraction of sp³-hybridized carbons (Fsp3) is 0.111. The summed E-state index contributed by atoms with van der Waals surface area (Å²) in [7, 11) is 6.72. The van der Waals surface area contributed by atoms with Gasteiger partial charge in [0.05, 0.1) is 11.3 Å². The fourth-order valence-corrected chi connectivity index (χ4v) is 1.50. The standard InChI is InChI=1S/C9H5BFNO2/c1-12-7-5(8(13)9(12)14)2-4(10)3-6(7)11/h2-3H,1H3. The first kappa shape index (κ1) is 8.93. The Kier molecular flexibility index (Phi) is 1.70. The van der Waals surface area contributed by atoms with Gasteiger partial charge in [0.25, 0.3) is 11.7 Å². The molecule has 0 spiro atoms. The zero-order valence-corrected chi connectivity index (χ0v) is 7.37. The van der Waals surface area contributed by atoms with Crippen molar-refractivity contribution >= 4 is 30.7 Å². The summed E-state index contributed by atoms with van der Waals surface area (Å²) in [6.07, 6.45) is 0. The average Bonchev–Trinajstić information content (AvgIpc) is 2.31. The van der Waals surface area contributed by atoms with Crippen molar-refractivity contribution in [1.82, 2.24) is 0 Å². The number of nitrogens with zero attached hydrogens (tertiary/aromatic N) is 1. The zero-order chi connectivity index (χ0) is 10.5. The molecule has 1 aliphatic heterocycles. The van der Waals surface area contributed by atoms with Crippen LogP contribution in [0.1, 0.15) is 10.4 Å². The van der Waals surface area contributed by atoms with Gasteiger partial charge in [-0.2, -0.15) is 0 Å². The first-order valence-corrected chi connectivity index (χ1v) is 3.94. The number of carbonyl (C=O) groups excluding carboxylic acids is 2. The molecular formula is C9H5BFNO2. The fourth-order valence-electron chi connectivity index (χ4n) is 1.50. The summed E-state index contributed by atoms with van der Waals surface area (Å²) in [5.41, 5.74) is 0.182. The van der Waals surface area contributed by atoms with Gasteiger partial charge in [0.2, 0.25) is 0 Å². The highest BCUT2D eigenvalue weighted by Gasteiger charge is 2.35. The molecule has 1 aromatic rings. The molecule has 0 aromatic heterocycles. The number of rotatable bonds is 0. The number of halogens is 1. The maximum atomic E-state index is 13.3. The summed E-state index contributed by atoms with van der Waals surface area (Å²) in [5.74, 6) is -2.10. The van der Waals surface area contributed by atoms with Gasteiger partial charge in [-0.05, 0) is 6.07 Å². The lowest BCUT2D eigenvalue weighted by Gasteiger charge is -2.09. The molecular weight excluding hydrogens is 184 g/mol. The first-order chi connectivity index (χ1) is 6.52. The van der Waals surface area contributed by atoms with Crippen LogP contribution in [-0.2, 0) is 4.79 Å². The number of carbonyl (C=O) groups is 2. The Morgan fingerprint density at radius 1 is 1.36 bits per heavy atom. The van der Waals surface area contributed by atoms with Crippen molar-refractivity contribution < 1.29 is 14.0 Å². The van der Waals surface area contributed by atoms with Gasteiger partial charge in [0, 0.05) is 7.05 Å². The van der Waals surface area contributed by atoms with Crippen molar-refractivity contribution in [2.45, 2.75) is 0 Å². The molecule has 0 saturated heterocycles. The van der Waals surface area contributed by atoms with Crippen molar-refractivity contribution in [3.63, 3.8) is 0 Å². The van der Waals surface area contributed by atoms with E-state index in [4.69, 9.17) is 7.85 Å². The smallest absolute Gasteiger partial charge is 0.299 e. The van der Waals surface area contributed by atoms with E-state index in [-0.39, 0.29) is 16.7 Å². The van der Waals surface area contributed by atoms with Crippen LogP contribution < -0.4 is 10.4 Å². The maximum Gasteiger partial charge on any atom is 0.299 e. The van der Waals surface area contributed by atoms with E-state index in [0.717, 1.165) is 11.0 Å². The van der Waals surface area contributed by atoms with E-state index in [1.807, 2.05) is 0 Å². The molecule has 2 radical (unpaired) electrons. The molecule has 68 valence electrons. The Balaban J connectivity index is 2.75. The van der Waals surface area contributed by atoms with Crippen LogP contribution in [0.15, 0.2) is 12.1 Å². The monoisotopic (exact) mass is 189 g/mol. The van der Waals surface area contributed by atoms with Gasteiger partial charge in [-0.15, -0.1) is 0 Å². The molecule has 1 heterocycles. The average molecular weight is 189 g/mol. The predicted octanol–water partition coefficient (Wildman–Crippen LogP) is -0.221. The van der Waals surface area contributed by atoms with E-state index in [1.165, 1.54) is 13.1 Å². The third-order valence-electron chi connectivity index (χ3n) is 2.16. The highest BCUT2D eigenvalue weighted by Crippen LogP contribution is 2.29. The lowest BCUT2D eigenvalue weighted by molar-refractivity contribution is -0.114. The largest absolute Gasteiger partial charge is 0.305 e. The molecule has 1 aliphatic rings. The Hall–Kier alpha value is -1.65. The van der Waals surface area contributed by atoms with Gasteiger partial charge < -0.3 is 4.90 Å². The zero-order valence-electron chi connectivity index (χ0n) is 7.37. The van der Waals surface area contributed by atoms with E-state index in [2.05, 4.69) is 0 Å². The molecule has 0 N–H and O–H groups in total. The normalized spacial score (nSPS) is 14.9. The van der Waals surface area contributed by atoms with Crippen molar-refractivity contribution in [2.75, 3.05) is 11.9 Å². The number of amides is 1. The third-order valence-corrected chi connectivity index (χ3v) is 2.16. The number of hydrogen-bond donors (Lipinski definition) is 0. The highest BCUT2D eigenvalue weighted by atomic mass is 19.1. The minimum absolute atomic E-state index is 0.00852. The second-order valence-electron chi connectivity index (χ2n) is 3.09. The van der Waals surface area contributed by atoms with E-state index < -0.39 is 17.5 Å². The summed E-state index contributed by atoms with van der Waals surface area (Å²) < 4.78 is 13.3. The first-order valence-electron chi connectivity index (χ1n) is 3.94. The molecule has 0 fully saturated rings. The topological polar surface area (TPSA) is 37.4 Å². The summed E-state index contributed by atoms with van der Waals surface area (Å²) in [4.78, 5) is 23.5. The molecule has 0 unspecified atom stereocenters. The lowest BCUT2D eigenvalue weighted by Crippen LogP contribution is -2.25. The Morgan fingerprint density at radius 3 is 2.64 bits per heavy atom.